The molecule has 0 fully saturated rings. The fraction of sp³-hybridized carbons (Fsp3) is 0. The Morgan fingerprint density at radius 2 is 1.54 bits per heavy atom. The summed E-state index contributed by atoms with van der Waals surface area (Å²) in [6.45, 7) is 0. The van der Waals surface area contributed by atoms with Crippen LogP contribution in [0.1, 0.15) is 0 Å². The third-order valence-corrected chi connectivity index (χ3v) is 8.23. The zero-order chi connectivity index (χ0) is 15.7. The van der Waals surface area contributed by atoms with Crippen LogP contribution in [0.25, 0.3) is 50.4 Å². The van der Waals surface area contributed by atoms with Crippen molar-refractivity contribution in [3.05, 3.63) is 66.9 Å². The van der Waals surface area contributed by atoms with Gasteiger partial charge in [0.05, 0.1) is 0 Å². The van der Waals surface area contributed by atoms with Crippen LogP contribution in [-0.4, -0.2) is 19.5 Å². The van der Waals surface area contributed by atoms with Gasteiger partial charge in [-0.3, -0.25) is 0 Å². The SMILES string of the molecule is c1ccc2c(c1)cnc1c3cccc4[se]c5cccc(sc21)c5c43. The van der Waals surface area contributed by atoms with Gasteiger partial charge in [0.1, 0.15) is 0 Å². The molecule has 1 nitrogen and oxygen atoms in total. The van der Waals surface area contributed by atoms with Crippen LogP contribution in [0, 0.1) is 0 Å². The summed E-state index contributed by atoms with van der Waals surface area (Å²) in [6.07, 6.45) is 2.02. The second-order valence-corrected chi connectivity index (χ2v) is 9.36. The van der Waals surface area contributed by atoms with Crippen molar-refractivity contribution < 1.29 is 0 Å². The van der Waals surface area contributed by atoms with Crippen molar-refractivity contribution in [2.24, 2.45) is 0 Å². The third kappa shape index (κ3) is 1.62. The van der Waals surface area contributed by atoms with Crippen LogP contribution in [0.3, 0.4) is 0 Å². The van der Waals surface area contributed by atoms with Crippen molar-refractivity contribution in [2.45, 2.75) is 0 Å². The molecular formula is C21H11NSSe. The summed E-state index contributed by atoms with van der Waals surface area (Å²) in [4.78, 5) is 4.88. The number of benzene rings is 3. The Morgan fingerprint density at radius 3 is 2.50 bits per heavy atom. The molecule has 0 N–H and O–H groups in total. The van der Waals surface area contributed by atoms with Gasteiger partial charge in [-0.2, -0.15) is 0 Å². The zero-order valence-electron chi connectivity index (χ0n) is 12.6. The average molecular weight is 388 g/mol. The Bertz CT molecular complexity index is 1410. The molecule has 0 aliphatic carbocycles. The van der Waals surface area contributed by atoms with E-state index in [1.807, 2.05) is 17.5 Å². The maximum atomic E-state index is 4.88. The molecule has 0 spiro atoms. The van der Waals surface area contributed by atoms with Crippen LogP contribution >= 0.6 is 11.3 Å². The van der Waals surface area contributed by atoms with E-state index in [-0.39, 0.29) is 0 Å². The summed E-state index contributed by atoms with van der Waals surface area (Å²) in [7, 11) is 0. The molecule has 0 radical (unpaired) electrons. The summed E-state index contributed by atoms with van der Waals surface area (Å²) in [5.74, 6) is 0. The molecule has 0 aliphatic heterocycles. The minimum absolute atomic E-state index is 0.408. The van der Waals surface area contributed by atoms with Crippen molar-refractivity contribution in [3.63, 3.8) is 0 Å². The molecule has 24 heavy (non-hydrogen) atoms. The standard InChI is InChI=1S/C21H11NSSe/c1-2-6-13-12(5-1)11-22-20-14-7-3-9-16-18(14)19-15(23-21(13)20)8-4-10-17(19)24-16/h1-11H. The molecule has 0 atom stereocenters. The van der Waals surface area contributed by atoms with Crippen LogP contribution in [0.15, 0.2) is 66.9 Å². The van der Waals surface area contributed by atoms with Crippen LogP contribution in [0.5, 0.6) is 0 Å². The summed E-state index contributed by atoms with van der Waals surface area (Å²) in [5, 5.41) is 6.69. The van der Waals surface area contributed by atoms with E-state index in [2.05, 4.69) is 60.7 Å². The predicted molar refractivity (Wildman–Crippen MR) is 107 cm³/mol. The van der Waals surface area contributed by atoms with Crippen molar-refractivity contribution >= 4 is 76.2 Å². The third-order valence-electron chi connectivity index (χ3n) is 4.70. The van der Waals surface area contributed by atoms with Gasteiger partial charge in [0.2, 0.25) is 0 Å². The number of hydrogen-bond donors (Lipinski definition) is 0. The summed E-state index contributed by atoms with van der Waals surface area (Å²) in [5.41, 5.74) is 1.13. The van der Waals surface area contributed by atoms with Crippen LogP contribution in [0.2, 0.25) is 0 Å². The maximum absolute atomic E-state index is 4.88. The first kappa shape index (κ1) is 13.1. The van der Waals surface area contributed by atoms with Gasteiger partial charge < -0.3 is 0 Å². The van der Waals surface area contributed by atoms with Crippen molar-refractivity contribution in [1.82, 2.24) is 4.98 Å². The fourth-order valence-corrected chi connectivity index (χ4v) is 7.47. The number of aromatic nitrogens is 1. The summed E-state index contributed by atoms with van der Waals surface area (Å²) in [6, 6.07) is 22.1. The molecule has 3 heteroatoms. The van der Waals surface area contributed by atoms with Crippen LogP contribution < -0.4 is 0 Å². The van der Waals surface area contributed by atoms with Gasteiger partial charge in [0.15, 0.2) is 0 Å². The first-order chi connectivity index (χ1) is 11.9. The Labute approximate surface area is 147 Å². The molecule has 6 rings (SSSR count). The van der Waals surface area contributed by atoms with E-state index >= 15 is 0 Å². The van der Waals surface area contributed by atoms with Gasteiger partial charge in [-0.1, -0.05) is 0 Å². The van der Waals surface area contributed by atoms with E-state index in [9.17, 15) is 0 Å². The monoisotopic (exact) mass is 389 g/mol. The molecule has 3 heterocycles. The zero-order valence-corrected chi connectivity index (χ0v) is 15.1. The molecule has 0 saturated heterocycles. The Kier molecular flexibility index (Phi) is 2.56. The van der Waals surface area contributed by atoms with Crippen molar-refractivity contribution in [3.8, 4) is 0 Å². The molecule has 0 bridgehead atoms. The Hall–Kier alpha value is -2.19. The number of rotatable bonds is 0. The second-order valence-electron chi connectivity index (χ2n) is 6.04. The Morgan fingerprint density at radius 1 is 0.750 bits per heavy atom. The van der Waals surface area contributed by atoms with Crippen LogP contribution in [-0.2, 0) is 0 Å². The molecule has 0 unspecified atom stereocenters. The normalized spacial score (nSPS) is 12.2. The second kappa shape index (κ2) is 4.67. The van der Waals surface area contributed by atoms with Gasteiger partial charge in [-0.25, -0.2) is 0 Å². The quantitative estimate of drug-likeness (QED) is 0.292. The molecule has 0 aliphatic rings. The van der Waals surface area contributed by atoms with Gasteiger partial charge in [0.25, 0.3) is 0 Å². The average Bonchev–Trinajstić information content (AvgIpc) is 2.94. The number of nitrogens with zero attached hydrogens (tertiary/aromatic N) is 1. The molecule has 0 amide bonds. The Balaban J connectivity index is 2.08. The van der Waals surface area contributed by atoms with E-state index in [0.717, 1.165) is 5.52 Å². The van der Waals surface area contributed by atoms with E-state index in [1.165, 1.54) is 44.9 Å². The van der Waals surface area contributed by atoms with E-state index in [1.54, 1.807) is 0 Å². The predicted octanol–water partition coefficient (Wildman–Crippen LogP) is 5.97. The number of pyridine rings is 1. The van der Waals surface area contributed by atoms with E-state index in [4.69, 9.17) is 4.98 Å². The van der Waals surface area contributed by atoms with Crippen LogP contribution in [0.4, 0.5) is 0 Å². The summed E-state index contributed by atoms with van der Waals surface area (Å²) >= 11 is 2.29. The van der Waals surface area contributed by atoms with Gasteiger partial charge >= 0.3 is 148 Å². The van der Waals surface area contributed by atoms with Crippen molar-refractivity contribution in [1.29, 1.82) is 0 Å². The first-order valence-corrected chi connectivity index (χ1v) is 10.4. The molecular weight excluding hydrogens is 377 g/mol. The molecule has 6 aromatic rings. The number of hydrogen-bond acceptors (Lipinski definition) is 2. The molecule has 3 aromatic heterocycles. The molecule has 3 aromatic carbocycles. The molecule has 112 valence electrons. The minimum atomic E-state index is 0.408. The van der Waals surface area contributed by atoms with E-state index in [0.29, 0.717) is 14.5 Å². The van der Waals surface area contributed by atoms with Crippen molar-refractivity contribution in [2.75, 3.05) is 0 Å². The fourth-order valence-electron chi connectivity index (χ4n) is 3.66. The first-order valence-electron chi connectivity index (χ1n) is 7.90. The molecule has 0 saturated carbocycles. The summed E-state index contributed by atoms with van der Waals surface area (Å²) < 4.78 is 5.66. The van der Waals surface area contributed by atoms with Gasteiger partial charge in [-0.05, 0) is 0 Å². The topological polar surface area (TPSA) is 12.9 Å². The van der Waals surface area contributed by atoms with E-state index < -0.39 is 0 Å². The number of fused-ring (bicyclic) bond motifs is 4. The van der Waals surface area contributed by atoms with Gasteiger partial charge in [0, 0.05) is 0 Å². The van der Waals surface area contributed by atoms with Gasteiger partial charge in [-0.15, -0.1) is 0 Å².